The molecule has 0 amide bonds. The van der Waals surface area contributed by atoms with Gasteiger partial charge in [-0.2, -0.15) is 0 Å². The molecule has 0 bridgehead atoms. The maximum absolute atomic E-state index is 11.7. The number of aromatic nitrogens is 2. The molecule has 1 aliphatic rings. The van der Waals surface area contributed by atoms with Crippen LogP contribution in [0, 0.1) is 0 Å². The van der Waals surface area contributed by atoms with Crippen molar-refractivity contribution in [1.82, 2.24) is 25.7 Å². The van der Waals surface area contributed by atoms with Gasteiger partial charge in [0, 0.05) is 37.4 Å². The molecule has 1 aromatic heterocycles. The first kappa shape index (κ1) is 17.1. The van der Waals surface area contributed by atoms with Gasteiger partial charge >= 0.3 is 0 Å². The Kier molecular flexibility index (Phi) is 7.02. The number of carbonyl (C=O) groups is 1. The highest BCUT2D eigenvalue weighted by Gasteiger charge is 2.24. The molecule has 1 fully saturated rings. The Morgan fingerprint density at radius 3 is 2.82 bits per heavy atom. The van der Waals surface area contributed by atoms with Gasteiger partial charge in [0.05, 0.1) is 0 Å². The topological polar surface area (TPSA) is 71.0 Å². The van der Waals surface area contributed by atoms with Gasteiger partial charge in [-0.15, -0.1) is 0 Å². The van der Waals surface area contributed by atoms with Crippen LogP contribution in [0.4, 0.5) is 0 Å². The van der Waals surface area contributed by atoms with Gasteiger partial charge in [0.25, 0.3) is 0 Å². The van der Waals surface area contributed by atoms with Crippen LogP contribution in [0.3, 0.4) is 0 Å². The number of piperidine rings is 1. The fraction of sp³-hybridized carbons (Fsp3) is 0.750. The highest BCUT2D eigenvalue weighted by Crippen LogP contribution is 2.23. The van der Waals surface area contributed by atoms with E-state index in [1.165, 1.54) is 30.3 Å². The van der Waals surface area contributed by atoms with Crippen LogP contribution in [0.5, 0.6) is 0 Å². The summed E-state index contributed by atoms with van der Waals surface area (Å²) in [5.74, 6) is 0.0931. The summed E-state index contributed by atoms with van der Waals surface area (Å²) in [5, 5.41) is 3.64. The fourth-order valence-corrected chi connectivity index (χ4v) is 2.94. The Balaban J connectivity index is 1.43. The molecule has 0 radical (unpaired) electrons. The van der Waals surface area contributed by atoms with Gasteiger partial charge in [-0.05, 0) is 45.6 Å². The maximum Gasteiger partial charge on any atom is 0.231 e. The first-order valence-corrected chi connectivity index (χ1v) is 8.42. The van der Waals surface area contributed by atoms with Gasteiger partial charge in [0.2, 0.25) is 5.91 Å². The molecule has 2 heterocycles. The molecule has 3 N–H and O–H groups in total. The predicted octanol–water partition coefficient (Wildman–Crippen LogP) is 1.71. The molecule has 0 saturated carbocycles. The van der Waals surface area contributed by atoms with Gasteiger partial charge < -0.3 is 5.32 Å². The zero-order chi connectivity index (χ0) is 15.7. The molecule has 0 aliphatic carbocycles. The summed E-state index contributed by atoms with van der Waals surface area (Å²) in [6, 6.07) is 0. The molecule has 1 atom stereocenters. The Hall–Kier alpha value is -1.24. The lowest BCUT2D eigenvalue weighted by atomic mass is 9.87. The summed E-state index contributed by atoms with van der Waals surface area (Å²) in [6.45, 7) is 5.26. The first-order chi connectivity index (χ1) is 10.7. The lowest BCUT2D eigenvalue weighted by Gasteiger charge is -2.35. The molecular formula is C16H29N5O. The Morgan fingerprint density at radius 2 is 2.14 bits per heavy atom. The number of carbonyl (C=O) groups excluding carboxylic acids is 1. The maximum atomic E-state index is 11.7. The molecule has 1 aliphatic heterocycles. The smallest absolute Gasteiger partial charge is 0.231 e. The van der Waals surface area contributed by atoms with E-state index in [0.717, 1.165) is 32.5 Å². The van der Waals surface area contributed by atoms with Crippen molar-refractivity contribution in [3.63, 3.8) is 0 Å². The van der Waals surface area contributed by atoms with Crippen molar-refractivity contribution in [1.29, 1.82) is 0 Å². The van der Waals surface area contributed by atoms with Crippen molar-refractivity contribution in [2.45, 2.75) is 57.4 Å². The normalized spacial score (nSPS) is 21.9. The molecule has 124 valence electrons. The monoisotopic (exact) mass is 307 g/mol. The number of nitrogens with one attached hydrogen (secondary N) is 3. The van der Waals surface area contributed by atoms with Crippen molar-refractivity contribution in [2.24, 2.45) is 0 Å². The van der Waals surface area contributed by atoms with Crippen LogP contribution in [-0.4, -0.2) is 40.6 Å². The van der Waals surface area contributed by atoms with Crippen LogP contribution in [0.1, 0.15) is 56.7 Å². The first-order valence-electron chi connectivity index (χ1n) is 8.42. The molecule has 0 spiro atoms. The van der Waals surface area contributed by atoms with E-state index in [2.05, 4.69) is 28.1 Å². The molecule has 2 rings (SSSR count). The minimum absolute atomic E-state index is 0.0931. The quantitative estimate of drug-likeness (QED) is 0.478. The highest BCUT2D eigenvalue weighted by atomic mass is 16.2. The number of imidazole rings is 1. The summed E-state index contributed by atoms with van der Waals surface area (Å²) >= 11 is 0. The minimum Gasteiger partial charge on any atom is -0.312 e. The second-order valence-corrected chi connectivity index (χ2v) is 6.37. The SMILES string of the molecule is CC1(CCCNNCCCC(=O)n2ccnc2)CCCCN1. The average Bonchev–Trinajstić information content (AvgIpc) is 3.05. The van der Waals surface area contributed by atoms with E-state index >= 15 is 0 Å². The Labute approximate surface area is 133 Å². The van der Waals surface area contributed by atoms with Crippen LogP contribution >= 0.6 is 0 Å². The van der Waals surface area contributed by atoms with Crippen LogP contribution in [-0.2, 0) is 0 Å². The van der Waals surface area contributed by atoms with Crippen molar-refractivity contribution >= 4 is 5.91 Å². The summed E-state index contributed by atoms with van der Waals surface area (Å²) in [7, 11) is 0. The van der Waals surface area contributed by atoms with Gasteiger partial charge in [0.15, 0.2) is 0 Å². The van der Waals surface area contributed by atoms with E-state index in [0.29, 0.717) is 12.0 Å². The molecular weight excluding hydrogens is 278 g/mol. The van der Waals surface area contributed by atoms with E-state index in [9.17, 15) is 4.79 Å². The molecule has 6 heteroatoms. The van der Waals surface area contributed by atoms with Crippen LogP contribution in [0.2, 0.25) is 0 Å². The van der Waals surface area contributed by atoms with E-state index in [4.69, 9.17) is 0 Å². The molecule has 1 saturated heterocycles. The summed E-state index contributed by atoms with van der Waals surface area (Å²) < 4.78 is 1.53. The lowest BCUT2D eigenvalue weighted by molar-refractivity contribution is 0.0899. The molecule has 22 heavy (non-hydrogen) atoms. The van der Waals surface area contributed by atoms with E-state index in [1.807, 2.05) is 0 Å². The summed E-state index contributed by atoms with van der Waals surface area (Å²) in [5.41, 5.74) is 6.76. The number of hydrogen-bond acceptors (Lipinski definition) is 5. The summed E-state index contributed by atoms with van der Waals surface area (Å²) in [6.07, 6.45) is 12.5. The van der Waals surface area contributed by atoms with E-state index in [-0.39, 0.29) is 5.91 Å². The van der Waals surface area contributed by atoms with Crippen LogP contribution in [0.15, 0.2) is 18.7 Å². The van der Waals surface area contributed by atoms with Crippen molar-refractivity contribution in [3.8, 4) is 0 Å². The average molecular weight is 307 g/mol. The highest BCUT2D eigenvalue weighted by molar-refractivity contribution is 5.78. The Morgan fingerprint density at radius 1 is 1.32 bits per heavy atom. The largest absolute Gasteiger partial charge is 0.312 e. The van der Waals surface area contributed by atoms with Crippen molar-refractivity contribution in [3.05, 3.63) is 18.7 Å². The molecule has 1 unspecified atom stereocenters. The zero-order valence-electron chi connectivity index (χ0n) is 13.6. The van der Waals surface area contributed by atoms with Gasteiger partial charge in [-0.3, -0.25) is 20.2 Å². The zero-order valence-corrected chi connectivity index (χ0v) is 13.6. The number of rotatable bonds is 9. The predicted molar refractivity (Wildman–Crippen MR) is 87.6 cm³/mol. The third-order valence-corrected chi connectivity index (χ3v) is 4.35. The standard InChI is InChI=1S/C16H29N5O/c1-16(7-2-3-9-18-16)8-5-11-20-19-10-4-6-15(22)21-13-12-17-14-21/h12-14,18-20H,2-11H2,1H3. The fourth-order valence-electron chi connectivity index (χ4n) is 2.94. The van der Waals surface area contributed by atoms with Crippen molar-refractivity contribution in [2.75, 3.05) is 19.6 Å². The second-order valence-electron chi connectivity index (χ2n) is 6.37. The number of hydrazine groups is 1. The third-order valence-electron chi connectivity index (χ3n) is 4.35. The Bertz CT molecular complexity index is 426. The second kappa shape index (κ2) is 9.02. The molecule has 6 nitrogen and oxygen atoms in total. The molecule has 0 aromatic carbocycles. The van der Waals surface area contributed by atoms with Gasteiger partial charge in [0.1, 0.15) is 6.33 Å². The van der Waals surface area contributed by atoms with E-state index < -0.39 is 0 Å². The number of nitrogens with zero attached hydrogens (tertiary/aromatic N) is 2. The summed E-state index contributed by atoms with van der Waals surface area (Å²) in [4.78, 5) is 15.6. The number of hydrogen-bond donors (Lipinski definition) is 3. The van der Waals surface area contributed by atoms with Crippen LogP contribution < -0.4 is 16.2 Å². The lowest BCUT2D eigenvalue weighted by Crippen LogP contribution is -2.46. The van der Waals surface area contributed by atoms with Crippen LogP contribution in [0.25, 0.3) is 0 Å². The molecule has 1 aromatic rings. The van der Waals surface area contributed by atoms with Gasteiger partial charge in [-0.25, -0.2) is 4.98 Å². The third kappa shape index (κ3) is 5.87. The minimum atomic E-state index is 0.0931. The van der Waals surface area contributed by atoms with Gasteiger partial charge in [-0.1, -0.05) is 6.42 Å². The van der Waals surface area contributed by atoms with Crippen molar-refractivity contribution < 1.29 is 4.79 Å². The van der Waals surface area contributed by atoms with E-state index in [1.54, 1.807) is 18.7 Å².